The first-order chi connectivity index (χ1) is 7.21. The second-order valence-corrected chi connectivity index (χ2v) is 4.74. The van der Waals surface area contributed by atoms with Crippen molar-refractivity contribution in [3.63, 3.8) is 0 Å². The van der Waals surface area contributed by atoms with Crippen LogP contribution in [-0.2, 0) is 9.53 Å². The molecule has 0 unspecified atom stereocenters. The standard InChI is InChI=1S/C10H9NO2S2/c1-13-10(12)7(6-11)5-8-3-4-9(14-2)15-8/h3-5H,1-2H3/b7-5-. The van der Waals surface area contributed by atoms with E-state index in [-0.39, 0.29) is 5.57 Å². The lowest BCUT2D eigenvalue weighted by molar-refractivity contribution is -0.135. The number of nitriles is 1. The molecule has 1 heterocycles. The highest BCUT2D eigenvalue weighted by Gasteiger charge is 2.09. The van der Waals surface area contributed by atoms with Crippen LogP contribution < -0.4 is 0 Å². The summed E-state index contributed by atoms with van der Waals surface area (Å²) >= 11 is 3.16. The number of carbonyl (C=O) groups is 1. The second kappa shape index (κ2) is 5.59. The lowest BCUT2D eigenvalue weighted by atomic mass is 10.2. The largest absolute Gasteiger partial charge is 0.465 e. The normalized spacial score (nSPS) is 10.9. The summed E-state index contributed by atoms with van der Waals surface area (Å²) in [4.78, 5) is 12.0. The van der Waals surface area contributed by atoms with Crippen LogP contribution in [0, 0.1) is 11.3 Å². The fourth-order valence-corrected chi connectivity index (χ4v) is 2.42. The zero-order valence-electron chi connectivity index (χ0n) is 8.31. The van der Waals surface area contributed by atoms with Gasteiger partial charge in [0.15, 0.2) is 0 Å². The Kier molecular flexibility index (Phi) is 4.40. The molecule has 0 bridgehead atoms. The third-order valence-electron chi connectivity index (χ3n) is 1.62. The number of nitrogens with zero attached hydrogens (tertiary/aromatic N) is 1. The Hall–Kier alpha value is -1.25. The summed E-state index contributed by atoms with van der Waals surface area (Å²) in [6.45, 7) is 0. The highest BCUT2D eigenvalue weighted by atomic mass is 32.2. The molecular weight excluding hydrogens is 230 g/mol. The molecule has 1 aromatic rings. The van der Waals surface area contributed by atoms with E-state index in [2.05, 4.69) is 4.74 Å². The van der Waals surface area contributed by atoms with E-state index >= 15 is 0 Å². The van der Waals surface area contributed by atoms with Crippen molar-refractivity contribution in [1.29, 1.82) is 5.26 Å². The Morgan fingerprint density at radius 1 is 1.67 bits per heavy atom. The topological polar surface area (TPSA) is 50.1 Å². The minimum absolute atomic E-state index is 0.0204. The predicted octanol–water partition coefficient (Wildman–Crippen LogP) is 2.55. The fraction of sp³-hybridized carbons (Fsp3) is 0.200. The molecule has 0 fully saturated rings. The third kappa shape index (κ3) is 3.11. The lowest BCUT2D eigenvalue weighted by Crippen LogP contribution is -2.02. The van der Waals surface area contributed by atoms with E-state index in [1.165, 1.54) is 24.5 Å². The molecule has 0 amide bonds. The van der Waals surface area contributed by atoms with Crippen LogP contribution in [0.5, 0.6) is 0 Å². The Morgan fingerprint density at radius 2 is 2.40 bits per heavy atom. The molecule has 15 heavy (non-hydrogen) atoms. The molecule has 0 aliphatic heterocycles. The van der Waals surface area contributed by atoms with Gasteiger partial charge in [0.05, 0.1) is 11.3 Å². The molecule has 0 spiro atoms. The molecule has 0 aliphatic carbocycles. The van der Waals surface area contributed by atoms with Crippen molar-refractivity contribution in [2.24, 2.45) is 0 Å². The van der Waals surface area contributed by atoms with Gasteiger partial charge in [0.2, 0.25) is 0 Å². The van der Waals surface area contributed by atoms with Crippen LogP contribution in [0.15, 0.2) is 21.9 Å². The zero-order chi connectivity index (χ0) is 11.3. The average Bonchev–Trinajstić information content (AvgIpc) is 2.72. The van der Waals surface area contributed by atoms with Crippen molar-refractivity contribution in [2.75, 3.05) is 13.4 Å². The van der Waals surface area contributed by atoms with Crippen molar-refractivity contribution in [1.82, 2.24) is 0 Å². The molecule has 3 nitrogen and oxygen atoms in total. The first-order valence-electron chi connectivity index (χ1n) is 4.05. The molecule has 1 rings (SSSR count). The minimum Gasteiger partial charge on any atom is -0.465 e. The smallest absolute Gasteiger partial charge is 0.348 e. The zero-order valence-corrected chi connectivity index (χ0v) is 9.95. The number of esters is 1. The Labute approximate surface area is 96.4 Å². The number of ether oxygens (including phenoxy) is 1. The van der Waals surface area contributed by atoms with E-state index in [1.807, 2.05) is 24.5 Å². The number of hydrogen-bond donors (Lipinski definition) is 0. The van der Waals surface area contributed by atoms with E-state index in [0.717, 1.165) is 9.09 Å². The maximum absolute atomic E-state index is 11.1. The highest BCUT2D eigenvalue weighted by Crippen LogP contribution is 2.26. The number of thiophene rings is 1. The summed E-state index contributed by atoms with van der Waals surface area (Å²) in [7, 11) is 1.26. The first kappa shape index (κ1) is 11.8. The maximum Gasteiger partial charge on any atom is 0.348 e. The number of methoxy groups -OCH3 is 1. The first-order valence-corrected chi connectivity index (χ1v) is 6.09. The van der Waals surface area contributed by atoms with Crippen LogP contribution in [0.2, 0.25) is 0 Å². The molecule has 0 aromatic carbocycles. The van der Waals surface area contributed by atoms with Gasteiger partial charge in [-0.25, -0.2) is 4.79 Å². The summed E-state index contributed by atoms with van der Waals surface area (Å²) in [5, 5.41) is 8.73. The SMILES string of the molecule is COC(=O)/C(C#N)=C\c1ccc(SC)s1. The van der Waals surface area contributed by atoms with Crippen molar-refractivity contribution < 1.29 is 9.53 Å². The highest BCUT2D eigenvalue weighted by molar-refractivity contribution is 8.00. The van der Waals surface area contributed by atoms with Crippen LogP contribution in [0.3, 0.4) is 0 Å². The molecular formula is C10H9NO2S2. The quantitative estimate of drug-likeness (QED) is 0.352. The average molecular weight is 239 g/mol. The predicted molar refractivity (Wildman–Crippen MR) is 61.7 cm³/mol. The number of hydrogen-bond acceptors (Lipinski definition) is 5. The van der Waals surface area contributed by atoms with Crippen molar-refractivity contribution in [3.8, 4) is 6.07 Å². The monoisotopic (exact) mass is 239 g/mol. The van der Waals surface area contributed by atoms with E-state index in [1.54, 1.807) is 11.8 Å². The summed E-state index contributed by atoms with van der Waals surface area (Å²) in [6, 6.07) is 5.64. The van der Waals surface area contributed by atoms with Gasteiger partial charge < -0.3 is 4.74 Å². The van der Waals surface area contributed by atoms with E-state index in [4.69, 9.17) is 5.26 Å². The molecule has 5 heteroatoms. The maximum atomic E-state index is 11.1. The van der Waals surface area contributed by atoms with Gasteiger partial charge in [0.1, 0.15) is 11.6 Å². The van der Waals surface area contributed by atoms with Gasteiger partial charge in [0.25, 0.3) is 0 Å². The molecule has 0 aliphatic rings. The summed E-state index contributed by atoms with van der Waals surface area (Å²) in [5.41, 5.74) is 0.0204. The molecule has 0 atom stereocenters. The molecule has 0 saturated carbocycles. The Bertz CT molecular complexity index is 429. The molecule has 1 aromatic heterocycles. The van der Waals surface area contributed by atoms with Gasteiger partial charge in [-0.05, 0) is 24.5 Å². The summed E-state index contributed by atoms with van der Waals surface area (Å²) in [6.07, 6.45) is 3.51. The minimum atomic E-state index is -0.600. The summed E-state index contributed by atoms with van der Waals surface area (Å²) < 4.78 is 5.62. The van der Waals surface area contributed by atoms with E-state index in [9.17, 15) is 4.79 Å². The second-order valence-electron chi connectivity index (χ2n) is 2.52. The van der Waals surface area contributed by atoms with Crippen LogP contribution in [0.1, 0.15) is 4.88 Å². The lowest BCUT2D eigenvalue weighted by Gasteiger charge is -1.94. The van der Waals surface area contributed by atoms with Crippen LogP contribution >= 0.6 is 23.1 Å². The van der Waals surface area contributed by atoms with Crippen LogP contribution in [0.25, 0.3) is 6.08 Å². The van der Waals surface area contributed by atoms with Gasteiger partial charge in [-0.2, -0.15) is 5.26 Å². The molecule has 0 N–H and O–H groups in total. The van der Waals surface area contributed by atoms with Gasteiger partial charge in [0, 0.05) is 4.88 Å². The number of carbonyl (C=O) groups excluding carboxylic acids is 1. The Balaban J connectivity index is 2.94. The number of thioether (sulfide) groups is 1. The van der Waals surface area contributed by atoms with Crippen molar-refractivity contribution in [2.45, 2.75) is 4.21 Å². The third-order valence-corrected chi connectivity index (χ3v) is 3.73. The van der Waals surface area contributed by atoms with Gasteiger partial charge in [-0.1, -0.05) is 0 Å². The van der Waals surface area contributed by atoms with Crippen molar-refractivity contribution in [3.05, 3.63) is 22.6 Å². The van der Waals surface area contributed by atoms with E-state index < -0.39 is 5.97 Å². The summed E-state index contributed by atoms with van der Waals surface area (Å²) in [5.74, 6) is -0.600. The van der Waals surface area contributed by atoms with Gasteiger partial charge >= 0.3 is 5.97 Å². The van der Waals surface area contributed by atoms with Crippen LogP contribution in [-0.4, -0.2) is 19.3 Å². The van der Waals surface area contributed by atoms with Crippen molar-refractivity contribution >= 4 is 35.1 Å². The molecule has 0 saturated heterocycles. The van der Waals surface area contributed by atoms with Crippen LogP contribution in [0.4, 0.5) is 0 Å². The molecule has 0 radical (unpaired) electrons. The van der Waals surface area contributed by atoms with E-state index in [0.29, 0.717) is 0 Å². The Morgan fingerprint density at radius 3 is 2.87 bits per heavy atom. The van der Waals surface area contributed by atoms with Gasteiger partial charge in [-0.3, -0.25) is 0 Å². The number of rotatable bonds is 3. The molecule has 78 valence electrons. The fourth-order valence-electron chi connectivity index (χ4n) is 0.911. The van der Waals surface area contributed by atoms with Gasteiger partial charge in [-0.15, -0.1) is 23.1 Å².